The van der Waals surface area contributed by atoms with Crippen molar-refractivity contribution in [2.75, 3.05) is 24.1 Å². The highest BCUT2D eigenvalue weighted by Crippen LogP contribution is 2.25. The van der Waals surface area contributed by atoms with Crippen molar-refractivity contribution in [2.24, 2.45) is 11.7 Å². The Balaban J connectivity index is 0.00000288. The first kappa shape index (κ1) is 20.7. The molecule has 3 N–H and O–H groups in total. The molecule has 1 saturated heterocycles. The first-order chi connectivity index (χ1) is 10.7. The van der Waals surface area contributed by atoms with Gasteiger partial charge < -0.3 is 10.6 Å². The quantitative estimate of drug-likeness (QED) is 0.841. The molecule has 136 valence electrons. The molecule has 8 heteroatoms. The summed E-state index contributed by atoms with van der Waals surface area (Å²) in [7, 11) is -3.44. The second-order valence-electron chi connectivity index (χ2n) is 6.44. The molecule has 0 aliphatic carbocycles. The average molecular weight is 376 g/mol. The fraction of sp³-hybridized carbons (Fsp3) is 0.562. The summed E-state index contributed by atoms with van der Waals surface area (Å²) < 4.78 is 25.5. The van der Waals surface area contributed by atoms with Gasteiger partial charge in [-0.3, -0.25) is 9.52 Å². The molecule has 2 rings (SSSR count). The van der Waals surface area contributed by atoms with Gasteiger partial charge in [0, 0.05) is 19.1 Å². The SMILES string of the molecule is Cc1ccc(NS(C)(=O)=O)c(C(=O)N2CCCC(C(C)N)C2)c1.Cl. The van der Waals surface area contributed by atoms with Gasteiger partial charge in [-0.15, -0.1) is 12.4 Å². The Bertz CT molecular complexity index is 692. The molecule has 1 amide bonds. The maximum absolute atomic E-state index is 12.9. The van der Waals surface area contributed by atoms with Crippen LogP contribution in [0.3, 0.4) is 0 Å². The summed E-state index contributed by atoms with van der Waals surface area (Å²) in [5.41, 5.74) is 7.60. The second kappa shape index (κ2) is 8.18. The molecule has 6 nitrogen and oxygen atoms in total. The molecule has 0 bridgehead atoms. The molecule has 0 spiro atoms. The van der Waals surface area contributed by atoms with E-state index >= 15 is 0 Å². The highest BCUT2D eigenvalue weighted by Gasteiger charge is 2.28. The Hall–Kier alpha value is -1.31. The molecular formula is C16H26ClN3O3S. The number of anilines is 1. The van der Waals surface area contributed by atoms with Crippen LogP contribution in [0.5, 0.6) is 0 Å². The molecule has 1 fully saturated rings. The number of piperidine rings is 1. The number of benzene rings is 1. The first-order valence-electron chi connectivity index (χ1n) is 7.80. The number of likely N-dealkylation sites (tertiary alicyclic amines) is 1. The number of carbonyl (C=O) groups is 1. The van der Waals surface area contributed by atoms with E-state index < -0.39 is 10.0 Å². The van der Waals surface area contributed by atoms with Crippen molar-refractivity contribution in [3.8, 4) is 0 Å². The second-order valence-corrected chi connectivity index (χ2v) is 8.18. The van der Waals surface area contributed by atoms with Gasteiger partial charge in [-0.05, 0) is 44.7 Å². The van der Waals surface area contributed by atoms with E-state index in [1.165, 1.54) is 0 Å². The smallest absolute Gasteiger partial charge is 0.256 e. The molecule has 2 atom stereocenters. The first-order valence-corrected chi connectivity index (χ1v) is 9.70. The number of nitrogens with zero attached hydrogens (tertiary/aromatic N) is 1. The summed E-state index contributed by atoms with van der Waals surface area (Å²) in [6, 6.07) is 5.18. The van der Waals surface area contributed by atoms with Crippen molar-refractivity contribution in [3.05, 3.63) is 29.3 Å². The minimum atomic E-state index is -3.44. The van der Waals surface area contributed by atoms with Crippen LogP contribution in [0.4, 0.5) is 5.69 Å². The van der Waals surface area contributed by atoms with Crippen molar-refractivity contribution in [3.63, 3.8) is 0 Å². The van der Waals surface area contributed by atoms with E-state index in [1.54, 1.807) is 23.1 Å². The van der Waals surface area contributed by atoms with Gasteiger partial charge in [0.2, 0.25) is 10.0 Å². The molecule has 1 aromatic carbocycles. The third-order valence-electron chi connectivity index (χ3n) is 4.19. The number of sulfonamides is 1. The standard InChI is InChI=1S/C16H25N3O3S.ClH/c1-11-6-7-15(18-23(3,21)22)14(9-11)16(20)19-8-4-5-13(10-19)12(2)17;/h6-7,9,12-13,18H,4-5,8,10,17H2,1-3H3;1H. The molecule has 1 aliphatic rings. The van der Waals surface area contributed by atoms with Crippen molar-refractivity contribution in [1.82, 2.24) is 4.90 Å². The third kappa shape index (κ3) is 5.36. The molecule has 2 unspecified atom stereocenters. The van der Waals surface area contributed by atoms with Crippen LogP contribution in [0.25, 0.3) is 0 Å². The largest absolute Gasteiger partial charge is 0.338 e. The summed E-state index contributed by atoms with van der Waals surface area (Å²) in [5, 5.41) is 0. The van der Waals surface area contributed by atoms with Crippen molar-refractivity contribution < 1.29 is 13.2 Å². The van der Waals surface area contributed by atoms with Crippen LogP contribution in [0.15, 0.2) is 18.2 Å². The van der Waals surface area contributed by atoms with Crippen molar-refractivity contribution in [1.29, 1.82) is 0 Å². The van der Waals surface area contributed by atoms with Crippen LogP contribution in [0.1, 0.15) is 35.7 Å². The fourth-order valence-electron chi connectivity index (χ4n) is 2.92. The zero-order valence-electron chi connectivity index (χ0n) is 14.3. The zero-order valence-corrected chi connectivity index (χ0v) is 15.9. The molecule has 1 aliphatic heterocycles. The summed E-state index contributed by atoms with van der Waals surface area (Å²) in [6.45, 7) is 5.13. The average Bonchev–Trinajstić information content (AvgIpc) is 2.47. The van der Waals surface area contributed by atoms with Crippen LogP contribution in [-0.4, -0.2) is 44.6 Å². The van der Waals surface area contributed by atoms with Gasteiger partial charge >= 0.3 is 0 Å². The van der Waals surface area contributed by atoms with E-state index in [-0.39, 0.29) is 30.3 Å². The van der Waals surface area contributed by atoms with E-state index in [0.29, 0.717) is 24.3 Å². The molecule has 1 aromatic rings. The highest BCUT2D eigenvalue weighted by molar-refractivity contribution is 7.92. The summed E-state index contributed by atoms with van der Waals surface area (Å²) in [4.78, 5) is 14.7. The lowest BCUT2D eigenvalue weighted by Crippen LogP contribution is -2.45. The summed E-state index contributed by atoms with van der Waals surface area (Å²) >= 11 is 0. The van der Waals surface area contributed by atoms with Gasteiger partial charge in [-0.1, -0.05) is 11.6 Å². The van der Waals surface area contributed by atoms with Gasteiger partial charge in [0.25, 0.3) is 5.91 Å². The zero-order chi connectivity index (χ0) is 17.2. The number of nitrogens with two attached hydrogens (primary N) is 1. The molecule has 24 heavy (non-hydrogen) atoms. The van der Waals surface area contributed by atoms with E-state index in [1.807, 2.05) is 13.8 Å². The number of carbonyl (C=O) groups excluding carboxylic acids is 1. The lowest BCUT2D eigenvalue weighted by atomic mass is 9.91. The van der Waals surface area contributed by atoms with Gasteiger partial charge in [0.05, 0.1) is 17.5 Å². The number of aryl methyl sites for hydroxylation is 1. The van der Waals surface area contributed by atoms with Crippen molar-refractivity contribution in [2.45, 2.75) is 32.7 Å². The molecule has 0 radical (unpaired) electrons. The van der Waals surface area contributed by atoms with Crippen LogP contribution < -0.4 is 10.5 Å². The fourth-order valence-corrected chi connectivity index (χ4v) is 3.50. The van der Waals surface area contributed by atoms with Crippen LogP contribution >= 0.6 is 12.4 Å². The number of hydrogen-bond donors (Lipinski definition) is 2. The van der Waals surface area contributed by atoms with Crippen LogP contribution in [0.2, 0.25) is 0 Å². The Morgan fingerprint density at radius 2 is 2.08 bits per heavy atom. The van der Waals surface area contributed by atoms with Gasteiger partial charge in [-0.2, -0.15) is 0 Å². The number of halogens is 1. The minimum Gasteiger partial charge on any atom is -0.338 e. The Morgan fingerprint density at radius 3 is 2.67 bits per heavy atom. The lowest BCUT2D eigenvalue weighted by Gasteiger charge is -2.35. The predicted molar refractivity (Wildman–Crippen MR) is 99.2 cm³/mol. The maximum Gasteiger partial charge on any atom is 0.256 e. The number of hydrogen-bond acceptors (Lipinski definition) is 4. The predicted octanol–water partition coefficient (Wildman–Crippen LogP) is 1.99. The normalized spacial score (nSPS) is 19.3. The van der Waals surface area contributed by atoms with E-state index in [9.17, 15) is 13.2 Å². The Labute approximate surface area is 150 Å². The van der Waals surface area contributed by atoms with Gasteiger partial charge in [0.1, 0.15) is 0 Å². The van der Waals surface area contributed by atoms with Crippen molar-refractivity contribution >= 4 is 34.0 Å². The summed E-state index contributed by atoms with van der Waals surface area (Å²) in [6.07, 6.45) is 3.01. The Kier molecular flexibility index (Phi) is 7.07. The van der Waals surface area contributed by atoms with E-state index in [4.69, 9.17) is 5.73 Å². The Morgan fingerprint density at radius 1 is 1.42 bits per heavy atom. The summed E-state index contributed by atoms with van der Waals surface area (Å²) in [5.74, 6) is 0.133. The van der Waals surface area contributed by atoms with E-state index in [0.717, 1.165) is 24.7 Å². The topological polar surface area (TPSA) is 92.5 Å². The number of amides is 1. The maximum atomic E-state index is 12.9. The monoisotopic (exact) mass is 375 g/mol. The molecular weight excluding hydrogens is 350 g/mol. The lowest BCUT2D eigenvalue weighted by molar-refractivity contribution is 0.0662. The number of rotatable bonds is 4. The third-order valence-corrected chi connectivity index (χ3v) is 4.78. The number of nitrogens with one attached hydrogen (secondary N) is 1. The molecule has 1 heterocycles. The highest BCUT2D eigenvalue weighted by atomic mass is 35.5. The van der Waals surface area contributed by atoms with Gasteiger partial charge in [-0.25, -0.2) is 8.42 Å². The molecule has 0 saturated carbocycles. The minimum absolute atomic E-state index is 0. The van der Waals surface area contributed by atoms with Gasteiger partial charge in [0.15, 0.2) is 0 Å². The molecule has 0 aromatic heterocycles. The van der Waals surface area contributed by atoms with E-state index in [2.05, 4.69) is 4.72 Å². The van der Waals surface area contributed by atoms with Crippen LogP contribution in [0, 0.1) is 12.8 Å². The van der Waals surface area contributed by atoms with Crippen LogP contribution in [-0.2, 0) is 10.0 Å².